The van der Waals surface area contributed by atoms with Crippen molar-refractivity contribution in [1.29, 1.82) is 0 Å². The number of aromatic nitrogens is 1. The lowest BCUT2D eigenvalue weighted by Crippen LogP contribution is -2.29. The molecular weight excluding hydrogens is 386 g/mol. The number of carbonyl (C=O) groups is 2. The van der Waals surface area contributed by atoms with E-state index in [1.54, 1.807) is 22.3 Å². The number of hydrogen-bond acceptors (Lipinski definition) is 5. The van der Waals surface area contributed by atoms with Gasteiger partial charge in [0.15, 0.2) is 11.5 Å². The summed E-state index contributed by atoms with van der Waals surface area (Å²) in [6.07, 6.45) is 2.34. The highest BCUT2D eigenvalue weighted by molar-refractivity contribution is 7.09. The predicted molar refractivity (Wildman–Crippen MR) is 111 cm³/mol. The van der Waals surface area contributed by atoms with Crippen LogP contribution < -0.4 is 5.32 Å². The summed E-state index contributed by atoms with van der Waals surface area (Å²) in [6.45, 7) is 3.38. The molecule has 0 radical (unpaired) electrons. The van der Waals surface area contributed by atoms with Crippen molar-refractivity contribution in [3.8, 4) is 0 Å². The maximum atomic E-state index is 13.1. The molecule has 1 fully saturated rings. The Hall–Kier alpha value is -2.93. The molecule has 0 spiro atoms. The Morgan fingerprint density at radius 2 is 2.00 bits per heavy atom. The molecule has 1 aliphatic carbocycles. The van der Waals surface area contributed by atoms with E-state index < -0.39 is 0 Å². The third-order valence-corrected chi connectivity index (χ3v) is 5.76. The van der Waals surface area contributed by atoms with Crippen molar-refractivity contribution in [3.63, 3.8) is 0 Å². The zero-order valence-corrected chi connectivity index (χ0v) is 17.1. The highest BCUT2D eigenvalue weighted by Gasteiger charge is 2.24. The third-order valence-electron chi connectivity index (χ3n) is 4.90. The van der Waals surface area contributed by atoms with Crippen LogP contribution in [0.15, 0.2) is 52.4 Å². The van der Waals surface area contributed by atoms with Crippen LogP contribution in [0.4, 0.5) is 0 Å². The quantitative estimate of drug-likeness (QED) is 0.610. The number of benzene rings is 1. The number of aryl methyl sites for hydroxylation is 1. The molecule has 0 atom stereocenters. The minimum atomic E-state index is -0.235. The van der Waals surface area contributed by atoms with Crippen LogP contribution >= 0.6 is 11.3 Å². The molecule has 1 aliphatic rings. The van der Waals surface area contributed by atoms with Crippen LogP contribution in [0.2, 0.25) is 0 Å². The van der Waals surface area contributed by atoms with E-state index in [-0.39, 0.29) is 24.1 Å². The maximum absolute atomic E-state index is 13.1. The third kappa shape index (κ3) is 5.12. The lowest BCUT2D eigenvalue weighted by atomic mass is 10.1. The van der Waals surface area contributed by atoms with Gasteiger partial charge in [0.25, 0.3) is 11.8 Å². The van der Waals surface area contributed by atoms with Crippen molar-refractivity contribution in [1.82, 2.24) is 15.4 Å². The van der Waals surface area contributed by atoms with E-state index in [9.17, 15) is 9.59 Å². The van der Waals surface area contributed by atoms with Crippen molar-refractivity contribution in [3.05, 3.63) is 75.3 Å². The first kappa shape index (κ1) is 19.4. The molecule has 2 aromatic heterocycles. The molecule has 0 aliphatic heterocycles. The van der Waals surface area contributed by atoms with Crippen molar-refractivity contribution in [2.75, 3.05) is 6.54 Å². The van der Waals surface area contributed by atoms with E-state index in [1.165, 1.54) is 12.8 Å². The van der Waals surface area contributed by atoms with Crippen LogP contribution in [0, 0.1) is 12.8 Å². The number of amides is 2. The Morgan fingerprint density at radius 3 is 2.69 bits per heavy atom. The van der Waals surface area contributed by atoms with Gasteiger partial charge in [0.05, 0.1) is 13.1 Å². The van der Waals surface area contributed by atoms with Gasteiger partial charge in [0, 0.05) is 23.1 Å². The molecule has 4 rings (SSSR count). The smallest absolute Gasteiger partial charge is 0.273 e. The molecule has 0 saturated heterocycles. The molecule has 7 heteroatoms. The molecular formula is C22H23N3O3S. The Labute approximate surface area is 173 Å². The molecule has 6 nitrogen and oxygen atoms in total. The zero-order chi connectivity index (χ0) is 20.2. The Morgan fingerprint density at radius 1 is 1.21 bits per heavy atom. The standard InChI is InChI=1S/C22H23N3O3S/c1-15-4-8-17(9-5-15)22(27)25(14-19-3-2-10-29-19)13-18-11-20(24-28-18)21(26)23-12-16-6-7-16/h2-5,8-11,16H,6-7,12-14H2,1H3,(H,23,26). The second kappa shape index (κ2) is 8.61. The highest BCUT2D eigenvalue weighted by atomic mass is 32.1. The Bertz CT molecular complexity index is 975. The Kier molecular flexibility index (Phi) is 5.76. The summed E-state index contributed by atoms with van der Waals surface area (Å²) in [5.41, 5.74) is 1.97. The second-order valence-electron chi connectivity index (χ2n) is 7.44. The largest absolute Gasteiger partial charge is 0.359 e. The van der Waals surface area contributed by atoms with Gasteiger partial charge < -0.3 is 14.7 Å². The lowest BCUT2D eigenvalue weighted by Gasteiger charge is -2.21. The van der Waals surface area contributed by atoms with Crippen LogP contribution in [0.1, 0.15) is 49.9 Å². The van der Waals surface area contributed by atoms with Crippen molar-refractivity contribution < 1.29 is 14.1 Å². The minimum absolute atomic E-state index is 0.0884. The van der Waals surface area contributed by atoms with Gasteiger partial charge in [0.2, 0.25) is 0 Å². The van der Waals surface area contributed by atoms with E-state index in [2.05, 4.69) is 10.5 Å². The number of nitrogens with one attached hydrogen (secondary N) is 1. The van der Waals surface area contributed by atoms with Crippen LogP contribution in [-0.2, 0) is 13.1 Å². The van der Waals surface area contributed by atoms with E-state index in [0.717, 1.165) is 10.4 Å². The van der Waals surface area contributed by atoms with E-state index in [0.29, 0.717) is 30.3 Å². The van der Waals surface area contributed by atoms with Crippen LogP contribution in [-0.4, -0.2) is 28.4 Å². The summed E-state index contributed by atoms with van der Waals surface area (Å²) in [5.74, 6) is 0.758. The van der Waals surface area contributed by atoms with Crippen molar-refractivity contribution in [2.45, 2.75) is 32.9 Å². The van der Waals surface area contributed by atoms with Crippen LogP contribution in [0.5, 0.6) is 0 Å². The summed E-state index contributed by atoms with van der Waals surface area (Å²) in [4.78, 5) is 28.1. The lowest BCUT2D eigenvalue weighted by molar-refractivity contribution is 0.0715. The van der Waals surface area contributed by atoms with Gasteiger partial charge in [-0.25, -0.2) is 0 Å². The van der Waals surface area contributed by atoms with Gasteiger partial charge in [-0.1, -0.05) is 28.9 Å². The number of nitrogens with zero attached hydrogens (tertiary/aromatic N) is 2. The van der Waals surface area contributed by atoms with E-state index in [1.807, 2.05) is 48.7 Å². The van der Waals surface area contributed by atoms with Gasteiger partial charge in [0.1, 0.15) is 0 Å². The summed E-state index contributed by atoms with van der Waals surface area (Å²) >= 11 is 1.60. The molecule has 3 aromatic rings. The number of thiophene rings is 1. The molecule has 1 aromatic carbocycles. The van der Waals surface area contributed by atoms with Crippen LogP contribution in [0.25, 0.3) is 0 Å². The maximum Gasteiger partial charge on any atom is 0.273 e. The van der Waals surface area contributed by atoms with Gasteiger partial charge in [-0.3, -0.25) is 9.59 Å². The first-order valence-electron chi connectivity index (χ1n) is 9.70. The van der Waals surface area contributed by atoms with Gasteiger partial charge in [-0.05, 0) is 49.3 Å². The number of hydrogen-bond donors (Lipinski definition) is 1. The van der Waals surface area contributed by atoms with E-state index >= 15 is 0 Å². The average molecular weight is 410 g/mol. The van der Waals surface area contributed by atoms with Crippen molar-refractivity contribution >= 4 is 23.2 Å². The summed E-state index contributed by atoms with van der Waals surface area (Å²) in [7, 11) is 0. The van der Waals surface area contributed by atoms with E-state index in [4.69, 9.17) is 4.52 Å². The topological polar surface area (TPSA) is 75.4 Å². The molecule has 0 unspecified atom stereocenters. The first-order valence-corrected chi connectivity index (χ1v) is 10.6. The van der Waals surface area contributed by atoms with Crippen LogP contribution in [0.3, 0.4) is 0 Å². The Balaban J connectivity index is 1.48. The normalized spacial score (nSPS) is 13.3. The van der Waals surface area contributed by atoms with Gasteiger partial charge in [-0.15, -0.1) is 11.3 Å². The average Bonchev–Trinajstić information content (AvgIpc) is 3.19. The summed E-state index contributed by atoms with van der Waals surface area (Å²) in [6, 6.07) is 13.1. The zero-order valence-electron chi connectivity index (χ0n) is 16.3. The molecule has 1 saturated carbocycles. The fourth-order valence-corrected chi connectivity index (χ4v) is 3.72. The molecule has 2 heterocycles. The second-order valence-corrected chi connectivity index (χ2v) is 8.47. The minimum Gasteiger partial charge on any atom is -0.359 e. The fraction of sp³-hybridized carbons (Fsp3) is 0.318. The summed E-state index contributed by atoms with van der Waals surface area (Å²) < 4.78 is 5.36. The van der Waals surface area contributed by atoms with Crippen molar-refractivity contribution in [2.24, 2.45) is 5.92 Å². The number of carbonyl (C=O) groups excluding carboxylic acids is 2. The molecule has 2 amide bonds. The van der Waals surface area contributed by atoms with Gasteiger partial charge >= 0.3 is 0 Å². The monoisotopic (exact) mass is 409 g/mol. The number of rotatable bonds is 8. The summed E-state index contributed by atoms with van der Waals surface area (Å²) in [5, 5.41) is 8.75. The fourth-order valence-electron chi connectivity index (χ4n) is 3.00. The molecule has 29 heavy (non-hydrogen) atoms. The molecule has 150 valence electrons. The highest BCUT2D eigenvalue weighted by Crippen LogP contribution is 2.27. The molecule has 1 N–H and O–H groups in total. The first-order chi connectivity index (χ1) is 14.1. The van der Waals surface area contributed by atoms with Gasteiger partial charge in [-0.2, -0.15) is 0 Å². The molecule has 0 bridgehead atoms. The predicted octanol–water partition coefficient (Wildman–Crippen LogP) is 4.03. The SMILES string of the molecule is Cc1ccc(C(=O)N(Cc2cc(C(=O)NCC3CC3)no2)Cc2cccs2)cc1.